The van der Waals surface area contributed by atoms with E-state index in [1.54, 1.807) is 12.1 Å². The van der Waals surface area contributed by atoms with Crippen LogP contribution in [-0.2, 0) is 20.9 Å². The van der Waals surface area contributed by atoms with Gasteiger partial charge in [0.1, 0.15) is 12.4 Å². The molecule has 0 heterocycles. The average molecular weight is 312 g/mol. The summed E-state index contributed by atoms with van der Waals surface area (Å²) in [5.74, 6) is -0.598. The summed E-state index contributed by atoms with van der Waals surface area (Å²) >= 11 is 0. The van der Waals surface area contributed by atoms with Crippen LogP contribution >= 0.6 is 0 Å². The first-order chi connectivity index (χ1) is 11.1. The molecule has 0 aliphatic rings. The summed E-state index contributed by atoms with van der Waals surface area (Å²) in [7, 11) is 0. The highest BCUT2D eigenvalue weighted by molar-refractivity contribution is 6.34. The molecule has 0 aliphatic carbocycles. The molecular formula is C19H20O4. The second kappa shape index (κ2) is 8.13. The fourth-order valence-electron chi connectivity index (χ4n) is 1.96. The van der Waals surface area contributed by atoms with Crippen molar-refractivity contribution in [3.8, 4) is 5.75 Å². The SMILES string of the molecule is CC(C)c1ccc(OCC(=O)C(=O)OCc2ccccc2)cc1. The van der Waals surface area contributed by atoms with Crippen molar-refractivity contribution in [2.24, 2.45) is 0 Å². The summed E-state index contributed by atoms with van der Waals surface area (Å²) < 4.78 is 10.3. The molecule has 0 fully saturated rings. The Balaban J connectivity index is 1.78. The molecule has 0 saturated heterocycles. The molecule has 0 radical (unpaired) electrons. The van der Waals surface area contributed by atoms with Crippen LogP contribution < -0.4 is 4.74 Å². The summed E-state index contributed by atoms with van der Waals surface area (Å²) in [6.45, 7) is 3.95. The van der Waals surface area contributed by atoms with Gasteiger partial charge in [-0.3, -0.25) is 4.79 Å². The number of benzene rings is 2. The van der Waals surface area contributed by atoms with E-state index in [4.69, 9.17) is 9.47 Å². The molecular weight excluding hydrogens is 292 g/mol. The number of esters is 1. The van der Waals surface area contributed by atoms with Crippen molar-refractivity contribution in [1.82, 2.24) is 0 Å². The van der Waals surface area contributed by atoms with Gasteiger partial charge in [-0.05, 0) is 29.2 Å². The molecule has 2 aromatic carbocycles. The lowest BCUT2D eigenvalue weighted by Gasteiger charge is -2.08. The Kier molecular flexibility index (Phi) is 5.92. The van der Waals surface area contributed by atoms with Crippen molar-refractivity contribution < 1.29 is 19.1 Å². The van der Waals surface area contributed by atoms with Crippen molar-refractivity contribution in [3.63, 3.8) is 0 Å². The largest absolute Gasteiger partial charge is 0.485 e. The van der Waals surface area contributed by atoms with Gasteiger partial charge >= 0.3 is 5.97 Å². The van der Waals surface area contributed by atoms with E-state index >= 15 is 0 Å². The standard InChI is InChI=1S/C19H20O4/c1-14(2)16-8-10-17(11-9-16)22-13-18(20)19(21)23-12-15-6-4-3-5-7-15/h3-11,14H,12-13H2,1-2H3. The normalized spacial score (nSPS) is 10.4. The van der Waals surface area contributed by atoms with Crippen LogP contribution in [0, 0.1) is 0 Å². The van der Waals surface area contributed by atoms with E-state index in [1.165, 1.54) is 5.56 Å². The number of carbonyl (C=O) groups is 2. The number of rotatable bonds is 7. The number of hydrogen-bond acceptors (Lipinski definition) is 4. The third-order valence-corrected chi connectivity index (χ3v) is 3.36. The number of ketones is 1. The lowest BCUT2D eigenvalue weighted by molar-refractivity contribution is -0.155. The third-order valence-electron chi connectivity index (χ3n) is 3.36. The molecule has 2 rings (SSSR count). The van der Waals surface area contributed by atoms with Crippen molar-refractivity contribution in [2.75, 3.05) is 6.61 Å². The maximum atomic E-state index is 11.7. The first kappa shape index (κ1) is 16.7. The van der Waals surface area contributed by atoms with E-state index in [0.717, 1.165) is 5.56 Å². The van der Waals surface area contributed by atoms with Crippen LogP contribution in [0.25, 0.3) is 0 Å². The van der Waals surface area contributed by atoms with Gasteiger partial charge in [-0.2, -0.15) is 0 Å². The first-order valence-electron chi connectivity index (χ1n) is 7.53. The fourth-order valence-corrected chi connectivity index (χ4v) is 1.96. The molecule has 0 bridgehead atoms. The van der Waals surface area contributed by atoms with Gasteiger partial charge in [0, 0.05) is 0 Å². The van der Waals surface area contributed by atoms with Crippen LogP contribution in [0.2, 0.25) is 0 Å². The van der Waals surface area contributed by atoms with Crippen LogP contribution in [-0.4, -0.2) is 18.4 Å². The molecule has 0 saturated carbocycles. The third kappa shape index (κ3) is 5.25. The molecule has 0 N–H and O–H groups in total. The molecule has 0 amide bonds. The van der Waals surface area contributed by atoms with Gasteiger partial charge in [0.05, 0.1) is 0 Å². The van der Waals surface area contributed by atoms with Gasteiger partial charge < -0.3 is 9.47 Å². The number of hydrogen-bond donors (Lipinski definition) is 0. The highest BCUT2D eigenvalue weighted by Gasteiger charge is 2.16. The first-order valence-corrected chi connectivity index (χ1v) is 7.53. The molecule has 120 valence electrons. The molecule has 0 unspecified atom stereocenters. The van der Waals surface area contributed by atoms with Gasteiger partial charge in [0.25, 0.3) is 5.78 Å². The Labute approximate surface area is 136 Å². The minimum Gasteiger partial charge on any atom is -0.485 e. The second-order valence-corrected chi connectivity index (χ2v) is 5.50. The van der Waals surface area contributed by atoms with Crippen LogP contribution in [0.3, 0.4) is 0 Å². The van der Waals surface area contributed by atoms with Gasteiger partial charge in [-0.15, -0.1) is 0 Å². The topological polar surface area (TPSA) is 52.6 Å². The van der Waals surface area contributed by atoms with E-state index in [2.05, 4.69) is 13.8 Å². The van der Waals surface area contributed by atoms with Gasteiger partial charge in [0.2, 0.25) is 0 Å². The van der Waals surface area contributed by atoms with Crippen molar-refractivity contribution in [1.29, 1.82) is 0 Å². The predicted molar refractivity (Wildman–Crippen MR) is 87.3 cm³/mol. The van der Waals surface area contributed by atoms with Crippen molar-refractivity contribution >= 4 is 11.8 Å². The van der Waals surface area contributed by atoms with Gasteiger partial charge in [-0.1, -0.05) is 56.3 Å². The van der Waals surface area contributed by atoms with Crippen molar-refractivity contribution in [2.45, 2.75) is 26.4 Å². The molecule has 0 atom stereocenters. The maximum absolute atomic E-state index is 11.7. The Hall–Kier alpha value is -2.62. The van der Waals surface area contributed by atoms with Crippen molar-refractivity contribution in [3.05, 3.63) is 65.7 Å². The minimum absolute atomic E-state index is 0.0779. The zero-order valence-electron chi connectivity index (χ0n) is 13.3. The highest BCUT2D eigenvalue weighted by atomic mass is 16.5. The van der Waals surface area contributed by atoms with Gasteiger partial charge in [-0.25, -0.2) is 4.79 Å². The summed E-state index contributed by atoms with van der Waals surface area (Å²) in [5, 5.41) is 0. The zero-order valence-corrected chi connectivity index (χ0v) is 13.3. The minimum atomic E-state index is -0.882. The zero-order chi connectivity index (χ0) is 16.7. The number of Topliss-reactive ketones (excluding diaryl/α,β-unsaturated/α-hetero) is 1. The molecule has 4 heteroatoms. The smallest absolute Gasteiger partial charge is 0.378 e. The van der Waals surface area contributed by atoms with Gasteiger partial charge in [0.15, 0.2) is 6.61 Å². The molecule has 2 aromatic rings. The molecule has 0 spiro atoms. The highest BCUT2D eigenvalue weighted by Crippen LogP contribution is 2.18. The quantitative estimate of drug-likeness (QED) is 0.580. The summed E-state index contributed by atoms with van der Waals surface area (Å²) in [6.07, 6.45) is 0. The second-order valence-electron chi connectivity index (χ2n) is 5.50. The van der Waals surface area contributed by atoms with E-state index in [9.17, 15) is 9.59 Å². The monoisotopic (exact) mass is 312 g/mol. The Bertz CT molecular complexity index is 645. The summed E-state index contributed by atoms with van der Waals surface area (Å²) in [5.41, 5.74) is 2.02. The van der Waals surface area contributed by atoms with E-state index in [-0.39, 0.29) is 13.2 Å². The fraction of sp³-hybridized carbons (Fsp3) is 0.263. The maximum Gasteiger partial charge on any atom is 0.378 e. The number of carbonyl (C=O) groups excluding carboxylic acids is 2. The lowest BCUT2D eigenvalue weighted by Crippen LogP contribution is -2.23. The molecule has 0 aliphatic heterocycles. The Morgan fingerprint density at radius 2 is 1.61 bits per heavy atom. The van der Waals surface area contributed by atoms with Crippen LogP contribution in [0.15, 0.2) is 54.6 Å². The molecule has 23 heavy (non-hydrogen) atoms. The van der Waals surface area contributed by atoms with Crippen LogP contribution in [0.4, 0.5) is 0 Å². The van der Waals surface area contributed by atoms with Crippen LogP contribution in [0.5, 0.6) is 5.75 Å². The van der Waals surface area contributed by atoms with Crippen LogP contribution in [0.1, 0.15) is 30.9 Å². The average Bonchev–Trinajstić information content (AvgIpc) is 2.58. The number of ether oxygens (including phenoxy) is 2. The van der Waals surface area contributed by atoms with E-state index in [1.807, 2.05) is 42.5 Å². The summed E-state index contributed by atoms with van der Waals surface area (Å²) in [6, 6.07) is 16.7. The van der Waals surface area contributed by atoms with E-state index < -0.39 is 11.8 Å². The van der Waals surface area contributed by atoms with E-state index in [0.29, 0.717) is 11.7 Å². The molecule has 0 aromatic heterocycles. The lowest BCUT2D eigenvalue weighted by atomic mass is 10.0. The Morgan fingerprint density at radius 3 is 2.22 bits per heavy atom. The Morgan fingerprint density at radius 1 is 0.957 bits per heavy atom. The molecule has 4 nitrogen and oxygen atoms in total. The predicted octanol–water partition coefficient (Wildman–Crippen LogP) is 3.50. The summed E-state index contributed by atoms with van der Waals surface area (Å²) in [4.78, 5) is 23.3.